The van der Waals surface area contributed by atoms with Gasteiger partial charge in [0.05, 0.1) is 0 Å². The highest BCUT2D eigenvalue weighted by molar-refractivity contribution is 7.99. The van der Waals surface area contributed by atoms with E-state index in [0.29, 0.717) is 0 Å². The molecule has 0 bridgehead atoms. The monoisotopic (exact) mass is 256 g/mol. The number of nitrogens with one attached hydrogen (secondary N) is 1. The van der Waals surface area contributed by atoms with Gasteiger partial charge in [-0.05, 0) is 45.9 Å². The van der Waals surface area contributed by atoms with Gasteiger partial charge in [-0.15, -0.1) is 0 Å². The van der Waals surface area contributed by atoms with E-state index in [0.717, 1.165) is 25.9 Å². The molecule has 1 rings (SSSR count). The Labute approximate surface area is 109 Å². The molecule has 1 saturated heterocycles. The first kappa shape index (κ1) is 14.7. The minimum atomic E-state index is -0.426. The Morgan fingerprint density at radius 1 is 1.53 bits per heavy atom. The molecule has 1 heterocycles. The third-order valence-electron chi connectivity index (χ3n) is 3.72. The average molecular weight is 256 g/mol. The molecule has 4 heteroatoms. The van der Waals surface area contributed by atoms with E-state index in [4.69, 9.17) is 4.74 Å². The van der Waals surface area contributed by atoms with E-state index in [-0.39, 0.29) is 5.41 Å². The zero-order chi connectivity index (χ0) is 12.9. The summed E-state index contributed by atoms with van der Waals surface area (Å²) in [5.41, 5.74) is 1.43. The zero-order valence-electron chi connectivity index (χ0n) is 11.4. The predicted molar refractivity (Wildman–Crippen MR) is 76.5 cm³/mol. The fourth-order valence-corrected chi connectivity index (χ4v) is 2.46. The molecule has 1 fully saturated rings. The van der Waals surface area contributed by atoms with E-state index in [9.17, 15) is 0 Å². The van der Waals surface area contributed by atoms with Gasteiger partial charge in [0.2, 0.25) is 0 Å². The summed E-state index contributed by atoms with van der Waals surface area (Å²) in [4.78, 5) is -0.426. The SMILES string of the molecule is C=CC(C)(OC)S/N=C(\C)C1(C)CCNCC1. The van der Waals surface area contributed by atoms with E-state index in [1.54, 1.807) is 13.2 Å². The molecular weight excluding hydrogens is 232 g/mol. The van der Waals surface area contributed by atoms with Gasteiger partial charge in [-0.1, -0.05) is 13.5 Å². The fraction of sp³-hybridized carbons (Fsp3) is 0.769. The number of piperidine rings is 1. The van der Waals surface area contributed by atoms with Crippen molar-refractivity contribution in [2.75, 3.05) is 20.2 Å². The highest BCUT2D eigenvalue weighted by Crippen LogP contribution is 2.34. The smallest absolute Gasteiger partial charge is 0.149 e. The first-order chi connectivity index (χ1) is 7.96. The van der Waals surface area contributed by atoms with E-state index >= 15 is 0 Å². The standard InChI is InChI=1S/C13H24N2OS/c1-6-13(4,16-5)17-15-11(2)12(3)7-9-14-10-8-12/h6,14H,1,7-10H2,2-5H3/b15-11+. The van der Waals surface area contributed by atoms with E-state index < -0.39 is 4.93 Å². The van der Waals surface area contributed by atoms with Gasteiger partial charge in [0.1, 0.15) is 4.93 Å². The summed E-state index contributed by atoms with van der Waals surface area (Å²) in [6, 6.07) is 0. The van der Waals surface area contributed by atoms with Crippen molar-refractivity contribution >= 4 is 17.7 Å². The van der Waals surface area contributed by atoms with Crippen LogP contribution in [-0.2, 0) is 4.74 Å². The summed E-state index contributed by atoms with van der Waals surface area (Å²) in [5.74, 6) is 0. The summed E-state index contributed by atoms with van der Waals surface area (Å²) < 4.78 is 10.0. The van der Waals surface area contributed by atoms with Crippen LogP contribution < -0.4 is 5.32 Å². The van der Waals surface area contributed by atoms with E-state index in [1.165, 1.54) is 17.7 Å². The van der Waals surface area contributed by atoms with Crippen molar-refractivity contribution in [1.82, 2.24) is 5.32 Å². The van der Waals surface area contributed by atoms with Crippen LogP contribution in [0, 0.1) is 5.41 Å². The highest BCUT2D eigenvalue weighted by Gasteiger charge is 2.30. The van der Waals surface area contributed by atoms with Crippen molar-refractivity contribution in [3.8, 4) is 0 Å². The predicted octanol–water partition coefficient (Wildman–Crippen LogP) is 3.03. The van der Waals surface area contributed by atoms with Crippen LogP contribution in [0.1, 0.15) is 33.6 Å². The second-order valence-corrected chi connectivity index (χ2v) is 6.18. The molecule has 0 aromatic heterocycles. The summed E-state index contributed by atoms with van der Waals surface area (Å²) in [5, 5.41) is 3.39. The van der Waals surface area contributed by atoms with Crippen LogP contribution in [0.15, 0.2) is 17.1 Å². The van der Waals surface area contributed by atoms with E-state index in [1.807, 2.05) is 6.92 Å². The summed E-state index contributed by atoms with van der Waals surface area (Å²) >= 11 is 1.45. The molecule has 0 aromatic carbocycles. The molecule has 1 atom stereocenters. The molecule has 0 radical (unpaired) electrons. The van der Waals surface area contributed by atoms with Gasteiger partial charge in [0.25, 0.3) is 0 Å². The lowest BCUT2D eigenvalue weighted by Gasteiger charge is -2.34. The third-order valence-corrected chi connectivity index (χ3v) is 4.78. The maximum Gasteiger partial charge on any atom is 0.149 e. The fourth-order valence-electron chi connectivity index (χ4n) is 1.77. The van der Waals surface area contributed by atoms with Crippen LogP contribution in [0.3, 0.4) is 0 Å². The Bertz CT molecular complexity index is 298. The molecule has 0 saturated carbocycles. The van der Waals surface area contributed by atoms with Crippen molar-refractivity contribution < 1.29 is 4.74 Å². The minimum Gasteiger partial charge on any atom is -0.362 e. The molecular formula is C13H24N2OS. The lowest BCUT2D eigenvalue weighted by Crippen LogP contribution is -2.39. The van der Waals surface area contributed by atoms with Gasteiger partial charge in [0.15, 0.2) is 0 Å². The number of hydrogen-bond acceptors (Lipinski definition) is 4. The quantitative estimate of drug-likeness (QED) is 0.355. The molecule has 3 nitrogen and oxygen atoms in total. The molecule has 0 amide bonds. The second-order valence-electron chi connectivity index (χ2n) is 5.00. The van der Waals surface area contributed by atoms with Gasteiger partial charge >= 0.3 is 0 Å². The maximum atomic E-state index is 5.38. The average Bonchev–Trinajstić information content (AvgIpc) is 2.36. The van der Waals surface area contributed by atoms with Gasteiger partial charge in [-0.3, -0.25) is 0 Å². The highest BCUT2D eigenvalue weighted by atomic mass is 32.2. The normalized spacial score (nSPS) is 24.1. The van der Waals surface area contributed by atoms with Crippen LogP contribution >= 0.6 is 11.9 Å². The lowest BCUT2D eigenvalue weighted by atomic mass is 9.77. The summed E-state index contributed by atoms with van der Waals surface area (Å²) in [7, 11) is 1.69. The minimum absolute atomic E-state index is 0.230. The van der Waals surface area contributed by atoms with Crippen molar-refractivity contribution in [3.05, 3.63) is 12.7 Å². The Morgan fingerprint density at radius 2 is 2.12 bits per heavy atom. The van der Waals surface area contributed by atoms with Crippen molar-refractivity contribution in [2.45, 2.75) is 38.5 Å². The van der Waals surface area contributed by atoms with Crippen LogP contribution in [0.25, 0.3) is 0 Å². The lowest BCUT2D eigenvalue weighted by molar-refractivity contribution is 0.128. The van der Waals surface area contributed by atoms with Crippen LogP contribution in [0.2, 0.25) is 0 Å². The number of rotatable bonds is 5. The number of hydrogen-bond donors (Lipinski definition) is 1. The molecule has 1 N–H and O–H groups in total. The first-order valence-corrected chi connectivity index (χ1v) is 6.86. The van der Waals surface area contributed by atoms with Crippen LogP contribution in [-0.4, -0.2) is 30.8 Å². The van der Waals surface area contributed by atoms with Gasteiger partial charge in [-0.2, -0.15) is 0 Å². The van der Waals surface area contributed by atoms with Gasteiger partial charge < -0.3 is 10.1 Å². The van der Waals surface area contributed by atoms with Crippen molar-refractivity contribution in [3.63, 3.8) is 0 Å². The topological polar surface area (TPSA) is 33.6 Å². The number of methoxy groups -OCH3 is 1. The molecule has 0 aromatic rings. The Kier molecular flexibility index (Phi) is 5.22. The molecule has 0 spiro atoms. The number of nitrogens with zero attached hydrogens (tertiary/aromatic N) is 1. The van der Waals surface area contributed by atoms with Crippen LogP contribution in [0.4, 0.5) is 0 Å². The summed E-state index contributed by atoms with van der Waals surface area (Å²) in [6.07, 6.45) is 4.10. The van der Waals surface area contributed by atoms with E-state index in [2.05, 4.69) is 30.1 Å². The maximum absolute atomic E-state index is 5.38. The molecule has 1 aliphatic rings. The van der Waals surface area contributed by atoms with Gasteiger partial charge in [-0.25, -0.2) is 4.40 Å². The Balaban J connectivity index is 2.68. The van der Waals surface area contributed by atoms with Crippen molar-refractivity contribution in [2.24, 2.45) is 9.81 Å². The zero-order valence-corrected chi connectivity index (χ0v) is 12.2. The molecule has 1 aliphatic heterocycles. The molecule has 1 unspecified atom stereocenters. The summed E-state index contributed by atoms with van der Waals surface area (Å²) in [6.45, 7) is 12.3. The molecule has 0 aliphatic carbocycles. The van der Waals surface area contributed by atoms with Crippen LogP contribution in [0.5, 0.6) is 0 Å². The Morgan fingerprint density at radius 3 is 2.59 bits per heavy atom. The third kappa shape index (κ3) is 3.83. The van der Waals surface area contributed by atoms with Crippen molar-refractivity contribution in [1.29, 1.82) is 0 Å². The molecule has 17 heavy (non-hydrogen) atoms. The van der Waals surface area contributed by atoms with Gasteiger partial charge in [0, 0.05) is 30.2 Å². The first-order valence-electron chi connectivity index (χ1n) is 6.08. The Hall–Kier alpha value is -0.320. The number of ether oxygens (including phenoxy) is 1. The molecule has 98 valence electrons. The second kappa shape index (κ2) is 6.03. The largest absolute Gasteiger partial charge is 0.362 e.